The third kappa shape index (κ3) is 4.92. The van der Waals surface area contributed by atoms with Crippen molar-refractivity contribution in [2.75, 3.05) is 4.90 Å². The van der Waals surface area contributed by atoms with Crippen LogP contribution in [0.1, 0.15) is 0 Å². The molecule has 0 bridgehead atoms. The molecular formula is C46H31NO. The zero-order chi connectivity index (χ0) is 31.9. The molecule has 0 amide bonds. The summed E-state index contributed by atoms with van der Waals surface area (Å²) in [5.74, 6) is 0. The Kier molecular flexibility index (Phi) is 6.84. The second kappa shape index (κ2) is 11.8. The van der Waals surface area contributed by atoms with E-state index in [0.29, 0.717) is 0 Å². The van der Waals surface area contributed by atoms with Crippen LogP contribution in [0.15, 0.2) is 192 Å². The first-order chi connectivity index (χ1) is 23.8. The lowest BCUT2D eigenvalue weighted by Crippen LogP contribution is -2.11. The third-order valence-electron chi connectivity index (χ3n) is 9.27. The quantitative estimate of drug-likeness (QED) is 0.185. The molecule has 9 aromatic rings. The minimum absolute atomic E-state index is 0.909. The average Bonchev–Trinajstić information content (AvgIpc) is 3.54. The second-order valence-corrected chi connectivity index (χ2v) is 12.2. The summed E-state index contributed by atoms with van der Waals surface area (Å²) in [4.78, 5) is 2.38. The Hall–Kier alpha value is -6.38. The van der Waals surface area contributed by atoms with Gasteiger partial charge in [0.1, 0.15) is 11.2 Å². The number of para-hydroxylation sites is 2. The van der Waals surface area contributed by atoms with Gasteiger partial charge in [0.2, 0.25) is 0 Å². The van der Waals surface area contributed by atoms with Gasteiger partial charge >= 0.3 is 0 Å². The predicted octanol–water partition coefficient (Wildman–Crippen LogP) is 13.2. The summed E-state index contributed by atoms with van der Waals surface area (Å²) in [5.41, 5.74) is 12.2. The number of hydrogen-bond acceptors (Lipinski definition) is 2. The van der Waals surface area contributed by atoms with Gasteiger partial charge in [-0.25, -0.2) is 0 Å². The number of fused-ring (bicyclic) bond motifs is 4. The maximum absolute atomic E-state index is 6.10. The lowest BCUT2D eigenvalue weighted by molar-refractivity contribution is 0.669. The number of furan rings is 1. The number of nitrogens with zero attached hydrogens (tertiary/aromatic N) is 1. The van der Waals surface area contributed by atoms with Crippen LogP contribution in [0.25, 0.3) is 66.1 Å². The molecule has 1 aromatic heterocycles. The molecule has 9 rings (SSSR count). The maximum Gasteiger partial charge on any atom is 0.135 e. The SMILES string of the molecule is c1ccc(-c2ccc(-c3cccc4ccccc34)cc2N(c2ccccc2)c2ccc(-c3ccc4oc5ccccc5c4c3)cc2)cc1. The fourth-order valence-electron chi connectivity index (χ4n) is 6.94. The zero-order valence-electron chi connectivity index (χ0n) is 26.3. The van der Waals surface area contributed by atoms with Gasteiger partial charge in [-0.15, -0.1) is 0 Å². The highest BCUT2D eigenvalue weighted by molar-refractivity contribution is 6.06. The van der Waals surface area contributed by atoms with Gasteiger partial charge in [-0.2, -0.15) is 0 Å². The standard InChI is InChI=1S/C46H31NO/c1-3-12-34(13-4-1)41-28-24-36(40-20-11-15-33-14-7-8-18-39(33)40)31-44(41)47(37-16-5-2-6-17-37)38-26-22-32(23-27-38)35-25-29-46-43(30-35)42-19-9-10-21-45(42)48-46/h1-31H. The van der Waals surface area contributed by atoms with Crippen LogP contribution in [-0.2, 0) is 0 Å². The summed E-state index contributed by atoms with van der Waals surface area (Å²) < 4.78 is 6.10. The molecule has 0 spiro atoms. The fraction of sp³-hybridized carbons (Fsp3) is 0. The van der Waals surface area contributed by atoms with Crippen LogP contribution < -0.4 is 4.90 Å². The Balaban J connectivity index is 1.21. The Morgan fingerprint density at radius 3 is 1.79 bits per heavy atom. The minimum Gasteiger partial charge on any atom is -0.456 e. The van der Waals surface area contributed by atoms with Crippen LogP contribution in [-0.4, -0.2) is 0 Å². The van der Waals surface area contributed by atoms with E-state index in [0.717, 1.165) is 50.1 Å². The van der Waals surface area contributed by atoms with Gasteiger partial charge in [0, 0.05) is 27.7 Å². The molecule has 8 aromatic carbocycles. The highest BCUT2D eigenvalue weighted by Crippen LogP contribution is 2.44. The molecular weight excluding hydrogens is 583 g/mol. The van der Waals surface area contributed by atoms with E-state index in [2.05, 4.69) is 181 Å². The monoisotopic (exact) mass is 613 g/mol. The van der Waals surface area contributed by atoms with Crippen LogP contribution in [0.3, 0.4) is 0 Å². The van der Waals surface area contributed by atoms with Gasteiger partial charge in [0.15, 0.2) is 0 Å². The van der Waals surface area contributed by atoms with Gasteiger partial charge in [0.05, 0.1) is 5.69 Å². The van der Waals surface area contributed by atoms with Crippen molar-refractivity contribution in [3.8, 4) is 33.4 Å². The Morgan fingerprint density at radius 1 is 0.333 bits per heavy atom. The van der Waals surface area contributed by atoms with E-state index in [4.69, 9.17) is 4.42 Å². The normalized spacial score (nSPS) is 11.3. The van der Waals surface area contributed by atoms with E-state index < -0.39 is 0 Å². The summed E-state index contributed by atoms with van der Waals surface area (Å²) >= 11 is 0. The first-order valence-corrected chi connectivity index (χ1v) is 16.3. The van der Waals surface area contributed by atoms with Crippen molar-refractivity contribution in [3.05, 3.63) is 188 Å². The van der Waals surface area contributed by atoms with Crippen molar-refractivity contribution in [1.29, 1.82) is 0 Å². The number of anilines is 3. The lowest BCUT2D eigenvalue weighted by Gasteiger charge is -2.29. The highest BCUT2D eigenvalue weighted by atomic mass is 16.3. The topological polar surface area (TPSA) is 16.4 Å². The Morgan fingerprint density at radius 2 is 0.958 bits per heavy atom. The minimum atomic E-state index is 0.909. The first kappa shape index (κ1) is 27.9. The Labute approximate surface area is 279 Å². The van der Waals surface area contributed by atoms with Crippen LogP contribution >= 0.6 is 0 Å². The molecule has 0 N–H and O–H groups in total. The number of hydrogen-bond donors (Lipinski definition) is 0. The highest BCUT2D eigenvalue weighted by Gasteiger charge is 2.19. The van der Waals surface area contributed by atoms with E-state index in [1.165, 1.54) is 33.0 Å². The molecule has 2 heteroatoms. The van der Waals surface area contributed by atoms with E-state index >= 15 is 0 Å². The maximum atomic E-state index is 6.10. The summed E-state index contributed by atoms with van der Waals surface area (Å²) in [6.45, 7) is 0. The summed E-state index contributed by atoms with van der Waals surface area (Å²) in [6.07, 6.45) is 0. The largest absolute Gasteiger partial charge is 0.456 e. The second-order valence-electron chi connectivity index (χ2n) is 12.2. The van der Waals surface area contributed by atoms with E-state index in [-0.39, 0.29) is 0 Å². The fourth-order valence-corrected chi connectivity index (χ4v) is 6.94. The van der Waals surface area contributed by atoms with Crippen molar-refractivity contribution >= 4 is 49.8 Å². The van der Waals surface area contributed by atoms with Gasteiger partial charge in [-0.3, -0.25) is 0 Å². The third-order valence-corrected chi connectivity index (χ3v) is 9.27. The molecule has 2 nitrogen and oxygen atoms in total. The van der Waals surface area contributed by atoms with Gasteiger partial charge < -0.3 is 9.32 Å². The zero-order valence-corrected chi connectivity index (χ0v) is 26.3. The van der Waals surface area contributed by atoms with Crippen molar-refractivity contribution in [2.45, 2.75) is 0 Å². The molecule has 0 unspecified atom stereocenters. The van der Waals surface area contributed by atoms with Crippen LogP contribution in [0.2, 0.25) is 0 Å². The Bertz CT molecular complexity index is 2540. The number of rotatable bonds is 6. The molecule has 0 aliphatic carbocycles. The van der Waals surface area contributed by atoms with Gasteiger partial charge in [-0.05, 0) is 87.1 Å². The smallest absolute Gasteiger partial charge is 0.135 e. The molecule has 0 aliphatic rings. The van der Waals surface area contributed by atoms with Gasteiger partial charge in [-0.1, -0.05) is 140 Å². The van der Waals surface area contributed by atoms with Crippen molar-refractivity contribution in [3.63, 3.8) is 0 Å². The van der Waals surface area contributed by atoms with E-state index in [1.807, 2.05) is 12.1 Å². The molecule has 48 heavy (non-hydrogen) atoms. The lowest BCUT2D eigenvalue weighted by atomic mass is 9.94. The molecule has 0 radical (unpaired) electrons. The summed E-state index contributed by atoms with van der Waals surface area (Å²) in [6, 6.07) is 67.1. The molecule has 226 valence electrons. The molecule has 0 fully saturated rings. The molecule has 0 aliphatic heterocycles. The summed E-state index contributed by atoms with van der Waals surface area (Å²) in [7, 11) is 0. The first-order valence-electron chi connectivity index (χ1n) is 16.3. The molecule has 0 saturated carbocycles. The number of benzene rings is 8. The average molecular weight is 614 g/mol. The summed E-state index contributed by atoms with van der Waals surface area (Å²) in [5, 5.41) is 4.76. The van der Waals surface area contributed by atoms with Crippen LogP contribution in [0, 0.1) is 0 Å². The van der Waals surface area contributed by atoms with E-state index in [1.54, 1.807) is 0 Å². The molecule has 1 heterocycles. The van der Waals surface area contributed by atoms with Crippen molar-refractivity contribution in [2.24, 2.45) is 0 Å². The van der Waals surface area contributed by atoms with E-state index in [9.17, 15) is 0 Å². The van der Waals surface area contributed by atoms with Crippen LogP contribution in [0.4, 0.5) is 17.1 Å². The van der Waals surface area contributed by atoms with Crippen molar-refractivity contribution in [1.82, 2.24) is 0 Å². The van der Waals surface area contributed by atoms with Crippen LogP contribution in [0.5, 0.6) is 0 Å². The molecule has 0 saturated heterocycles. The predicted molar refractivity (Wildman–Crippen MR) is 202 cm³/mol. The van der Waals surface area contributed by atoms with Gasteiger partial charge in [0.25, 0.3) is 0 Å². The molecule has 0 atom stereocenters. The van der Waals surface area contributed by atoms with Crippen molar-refractivity contribution < 1.29 is 4.42 Å².